The summed E-state index contributed by atoms with van der Waals surface area (Å²) in [5.74, 6) is 0.828. The Kier molecular flexibility index (Phi) is 7.16. The molecule has 0 N–H and O–H groups in total. The lowest BCUT2D eigenvalue weighted by molar-refractivity contribution is -0.0498. The molecule has 0 unspecified atom stereocenters. The van der Waals surface area contributed by atoms with Crippen molar-refractivity contribution < 1.29 is 18.3 Å². The van der Waals surface area contributed by atoms with Crippen molar-refractivity contribution in [2.45, 2.75) is 6.61 Å². The monoisotopic (exact) mass is 485 g/mol. The van der Waals surface area contributed by atoms with E-state index in [1.165, 1.54) is 23.5 Å². The van der Waals surface area contributed by atoms with E-state index in [2.05, 4.69) is 9.84 Å². The molecule has 168 valence electrons. The van der Waals surface area contributed by atoms with Gasteiger partial charge >= 0.3 is 6.61 Å². The van der Waals surface area contributed by atoms with Crippen LogP contribution >= 0.6 is 22.9 Å². The van der Waals surface area contributed by atoms with Crippen LogP contribution in [0.5, 0.6) is 11.5 Å². The van der Waals surface area contributed by atoms with Gasteiger partial charge in [-0.05, 0) is 66.2 Å². The number of hydrogen-bond donors (Lipinski definition) is 0. The number of benzene rings is 3. The van der Waals surface area contributed by atoms with Gasteiger partial charge < -0.3 is 9.47 Å². The Balaban J connectivity index is 1.73. The predicted octanol–water partition coefficient (Wildman–Crippen LogP) is 6.59. The maximum atomic E-state index is 12.4. The first-order valence-electron chi connectivity index (χ1n) is 9.76. The first kappa shape index (κ1) is 22.7. The molecule has 1 heterocycles. The Hall–Kier alpha value is -3.49. The summed E-state index contributed by atoms with van der Waals surface area (Å²) in [4.78, 5) is 5.37. The fourth-order valence-corrected chi connectivity index (χ4v) is 3.92. The standard InChI is InChI=1S/C24H18ClF2N3O2S/c1-31-20-12-8-19(9-13-20)29-24-30(22(15-33-24)17-4-6-18(25)7-5-17)28-14-16-2-10-21(11-3-16)32-23(26)27/h2-15,23H,1H3. The summed E-state index contributed by atoms with van der Waals surface area (Å²) < 4.78 is 36.1. The predicted molar refractivity (Wildman–Crippen MR) is 127 cm³/mol. The van der Waals surface area contributed by atoms with Crippen LogP contribution in [0.2, 0.25) is 5.02 Å². The van der Waals surface area contributed by atoms with E-state index < -0.39 is 6.61 Å². The largest absolute Gasteiger partial charge is 0.497 e. The molecule has 0 fully saturated rings. The van der Waals surface area contributed by atoms with Crippen molar-refractivity contribution in [1.29, 1.82) is 0 Å². The number of ether oxygens (including phenoxy) is 2. The lowest BCUT2D eigenvalue weighted by atomic mass is 10.2. The molecule has 33 heavy (non-hydrogen) atoms. The molecule has 0 aliphatic heterocycles. The number of alkyl halides is 2. The normalized spacial score (nSPS) is 12.0. The van der Waals surface area contributed by atoms with Crippen molar-refractivity contribution in [3.05, 3.63) is 93.6 Å². The van der Waals surface area contributed by atoms with Crippen LogP contribution in [0.25, 0.3) is 11.3 Å². The second-order valence-electron chi connectivity index (χ2n) is 6.72. The van der Waals surface area contributed by atoms with Crippen molar-refractivity contribution in [3.63, 3.8) is 0 Å². The van der Waals surface area contributed by atoms with Crippen molar-refractivity contribution in [1.82, 2.24) is 4.68 Å². The number of hydrogen-bond acceptors (Lipinski definition) is 5. The summed E-state index contributed by atoms with van der Waals surface area (Å²) in [6, 6.07) is 21.1. The molecule has 0 saturated carbocycles. The third-order valence-electron chi connectivity index (χ3n) is 4.55. The minimum atomic E-state index is -2.87. The molecule has 0 atom stereocenters. The third kappa shape index (κ3) is 5.85. The highest BCUT2D eigenvalue weighted by atomic mass is 35.5. The summed E-state index contributed by atoms with van der Waals surface area (Å²) in [5, 5.41) is 7.22. The molecule has 4 aromatic rings. The quantitative estimate of drug-likeness (QED) is 0.277. The molecule has 0 saturated heterocycles. The Labute approximate surface area is 197 Å². The zero-order chi connectivity index (χ0) is 23.2. The highest BCUT2D eigenvalue weighted by molar-refractivity contribution is 7.07. The van der Waals surface area contributed by atoms with Crippen LogP contribution in [0.15, 0.2) is 88.3 Å². The first-order chi connectivity index (χ1) is 16.0. The molecule has 0 bridgehead atoms. The summed E-state index contributed by atoms with van der Waals surface area (Å²) in [6.07, 6.45) is 1.63. The van der Waals surface area contributed by atoms with Gasteiger partial charge in [0.05, 0.1) is 24.7 Å². The van der Waals surface area contributed by atoms with E-state index in [0.29, 0.717) is 15.4 Å². The Morgan fingerprint density at radius 2 is 1.61 bits per heavy atom. The number of thiazole rings is 1. The maximum absolute atomic E-state index is 12.4. The van der Waals surface area contributed by atoms with Gasteiger partial charge in [0.1, 0.15) is 11.5 Å². The second-order valence-corrected chi connectivity index (χ2v) is 8.00. The van der Waals surface area contributed by atoms with Gasteiger partial charge in [0.15, 0.2) is 0 Å². The molecule has 0 amide bonds. The maximum Gasteiger partial charge on any atom is 0.387 e. The van der Waals surface area contributed by atoms with Crippen LogP contribution in [0.3, 0.4) is 0 Å². The Bertz CT molecular complexity index is 1300. The topological polar surface area (TPSA) is 48.1 Å². The van der Waals surface area contributed by atoms with Gasteiger partial charge in [-0.1, -0.05) is 23.7 Å². The summed E-state index contributed by atoms with van der Waals surface area (Å²) >= 11 is 7.48. The Morgan fingerprint density at radius 3 is 2.24 bits per heavy atom. The summed E-state index contributed by atoms with van der Waals surface area (Å²) in [5.41, 5.74) is 3.22. The zero-order valence-corrected chi connectivity index (χ0v) is 18.9. The number of aromatic nitrogens is 1. The molecule has 4 rings (SSSR count). The van der Waals surface area contributed by atoms with E-state index in [1.54, 1.807) is 30.1 Å². The minimum Gasteiger partial charge on any atom is -0.497 e. The second kappa shape index (κ2) is 10.4. The number of nitrogens with zero attached hydrogens (tertiary/aromatic N) is 3. The summed E-state index contributed by atoms with van der Waals surface area (Å²) in [6.45, 7) is -2.87. The Morgan fingerprint density at radius 1 is 0.939 bits per heavy atom. The van der Waals surface area contributed by atoms with E-state index in [-0.39, 0.29) is 5.75 Å². The lowest BCUT2D eigenvalue weighted by Crippen LogP contribution is -2.11. The smallest absolute Gasteiger partial charge is 0.387 e. The average molecular weight is 486 g/mol. The molecule has 0 spiro atoms. The molecule has 0 aliphatic carbocycles. The van der Waals surface area contributed by atoms with Crippen LogP contribution in [-0.2, 0) is 0 Å². The molecule has 5 nitrogen and oxygen atoms in total. The highest BCUT2D eigenvalue weighted by Gasteiger charge is 2.08. The average Bonchev–Trinajstić information content (AvgIpc) is 3.21. The lowest BCUT2D eigenvalue weighted by Gasteiger charge is -2.05. The number of methoxy groups -OCH3 is 1. The fraction of sp³-hybridized carbons (Fsp3) is 0.0833. The van der Waals surface area contributed by atoms with E-state index in [9.17, 15) is 8.78 Å². The molecule has 0 radical (unpaired) electrons. The zero-order valence-electron chi connectivity index (χ0n) is 17.4. The number of halogens is 3. The van der Waals surface area contributed by atoms with Crippen molar-refractivity contribution in [3.8, 4) is 22.8 Å². The van der Waals surface area contributed by atoms with Crippen LogP contribution < -0.4 is 14.3 Å². The van der Waals surface area contributed by atoms with Gasteiger partial charge in [-0.2, -0.15) is 13.9 Å². The molecule has 3 aromatic carbocycles. The van der Waals surface area contributed by atoms with Gasteiger partial charge in [0, 0.05) is 16.0 Å². The van der Waals surface area contributed by atoms with Crippen LogP contribution in [0.4, 0.5) is 14.5 Å². The van der Waals surface area contributed by atoms with Gasteiger partial charge in [-0.3, -0.25) is 0 Å². The molecular formula is C24H18ClF2N3O2S. The van der Waals surface area contributed by atoms with Crippen LogP contribution in [0.1, 0.15) is 5.56 Å². The highest BCUT2D eigenvalue weighted by Crippen LogP contribution is 2.23. The van der Waals surface area contributed by atoms with Crippen LogP contribution in [-0.4, -0.2) is 24.6 Å². The molecular weight excluding hydrogens is 468 g/mol. The van der Waals surface area contributed by atoms with E-state index in [1.807, 2.05) is 53.9 Å². The van der Waals surface area contributed by atoms with Crippen molar-refractivity contribution in [2.24, 2.45) is 10.1 Å². The van der Waals surface area contributed by atoms with Crippen molar-refractivity contribution >= 4 is 34.8 Å². The van der Waals surface area contributed by atoms with Crippen molar-refractivity contribution in [2.75, 3.05) is 7.11 Å². The van der Waals surface area contributed by atoms with Crippen LogP contribution in [0, 0.1) is 0 Å². The van der Waals surface area contributed by atoms with E-state index in [4.69, 9.17) is 21.3 Å². The number of rotatable bonds is 7. The minimum absolute atomic E-state index is 0.0855. The van der Waals surface area contributed by atoms with Gasteiger partial charge in [0.2, 0.25) is 4.80 Å². The molecule has 0 aliphatic rings. The SMILES string of the molecule is COc1ccc(N=c2scc(-c3ccc(Cl)cc3)n2N=Cc2ccc(OC(F)F)cc2)cc1. The first-order valence-corrected chi connectivity index (χ1v) is 11.0. The molecule has 9 heteroatoms. The van der Waals surface area contributed by atoms with E-state index >= 15 is 0 Å². The van der Waals surface area contributed by atoms with Gasteiger partial charge in [-0.15, -0.1) is 11.3 Å². The van der Waals surface area contributed by atoms with Gasteiger partial charge in [-0.25, -0.2) is 9.67 Å². The fourth-order valence-electron chi connectivity index (χ4n) is 2.93. The third-order valence-corrected chi connectivity index (χ3v) is 5.62. The van der Waals surface area contributed by atoms with E-state index in [0.717, 1.165) is 22.7 Å². The molecule has 1 aromatic heterocycles. The van der Waals surface area contributed by atoms with Gasteiger partial charge in [0.25, 0.3) is 0 Å². The summed E-state index contributed by atoms with van der Waals surface area (Å²) in [7, 11) is 1.61.